The Morgan fingerprint density at radius 1 is 0.395 bits per heavy atom. The molecule has 0 N–H and O–H groups in total. The lowest BCUT2D eigenvalue weighted by atomic mass is 9.86. The summed E-state index contributed by atoms with van der Waals surface area (Å²) >= 11 is 0. The Bertz CT molecular complexity index is 1560. The Morgan fingerprint density at radius 2 is 0.684 bits per heavy atom. The van der Waals surface area contributed by atoms with Gasteiger partial charge in [-0.25, -0.2) is 0 Å². The van der Waals surface area contributed by atoms with Gasteiger partial charge >= 0.3 is 0 Å². The molecule has 0 atom stereocenters. The second kappa shape index (κ2) is 10.1. The van der Waals surface area contributed by atoms with Gasteiger partial charge < -0.3 is 0 Å². The van der Waals surface area contributed by atoms with Crippen LogP contribution >= 0.6 is 0 Å². The van der Waals surface area contributed by atoms with Gasteiger partial charge in [-0.3, -0.25) is 0 Å². The number of benzene rings is 5. The van der Waals surface area contributed by atoms with Crippen molar-refractivity contribution in [2.45, 2.75) is 39.3 Å². The molecule has 0 aliphatic heterocycles. The molecule has 0 nitrogen and oxygen atoms in total. The Kier molecular flexibility index (Phi) is 6.89. The summed E-state index contributed by atoms with van der Waals surface area (Å²) in [4.78, 5) is 0. The minimum absolute atomic E-state index is 1.08. The quantitative estimate of drug-likeness (QED) is 0.123. The fourth-order valence-electron chi connectivity index (χ4n) is 4.71. The van der Waals surface area contributed by atoms with Crippen LogP contribution in [0.15, 0.2) is 97.1 Å². The number of hydrogen-bond acceptors (Lipinski definition) is 0. The van der Waals surface area contributed by atoms with Crippen LogP contribution in [0.2, 0.25) is 39.3 Å². The van der Waals surface area contributed by atoms with E-state index in [1.165, 1.54) is 43.8 Å². The van der Waals surface area contributed by atoms with Crippen LogP contribution < -0.4 is 0 Å². The van der Waals surface area contributed by atoms with Gasteiger partial charge in [-0.2, -0.15) is 0 Å². The highest BCUT2D eigenvalue weighted by Gasteiger charge is 2.16. The standard InChI is InChI=1S/C36H34Si2/c1-37(2,3)25-23-27-15-19-29(20-16-27)35-31-11-7-9-13-33(31)36(34-14-10-8-12-32(34)35)30-21-17-28(18-22-30)24-26-38(4,5)6/h7-22H,1-6H3. The van der Waals surface area contributed by atoms with Gasteiger partial charge in [-0.15, -0.1) is 11.1 Å². The summed E-state index contributed by atoms with van der Waals surface area (Å²) in [7, 11) is -2.82. The average Bonchev–Trinajstić information content (AvgIpc) is 2.89. The smallest absolute Gasteiger partial charge is 0.127 e. The molecule has 0 aliphatic rings. The van der Waals surface area contributed by atoms with E-state index in [1.807, 2.05) is 0 Å². The normalized spacial score (nSPS) is 11.5. The van der Waals surface area contributed by atoms with Crippen LogP contribution in [-0.2, 0) is 0 Å². The zero-order chi connectivity index (χ0) is 26.9. The van der Waals surface area contributed by atoms with Gasteiger partial charge in [0, 0.05) is 11.1 Å². The summed E-state index contributed by atoms with van der Waals surface area (Å²) in [5.74, 6) is 6.79. The zero-order valence-electron chi connectivity index (χ0n) is 23.2. The Balaban J connectivity index is 1.69. The molecule has 0 radical (unpaired) electrons. The SMILES string of the molecule is C[Si](C)(C)C#Cc1ccc(-c2c3ccccc3c(-c3ccc(C#C[Si](C)(C)C)cc3)c3ccccc23)cc1. The fourth-order valence-corrected chi connectivity index (χ4v) is 5.75. The van der Waals surface area contributed by atoms with Crippen LogP contribution in [0, 0.1) is 22.9 Å². The van der Waals surface area contributed by atoms with Gasteiger partial charge in [-0.1, -0.05) is 124 Å². The molecule has 0 saturated carbocycles. The second-order valence-corrected chi connectivity index (χ2v) is 21.5. The summed E-state index contributed by atoms with van der Waals surface area (Å²) in [5.41, 5.74) is 14.1. The maximum Gasteiger partial charge on any atom is 0.129 e. The largest absolute Gasteiger partial charge is 0.129 e. The monoisotopic (exact) mass is 522 g/mol. The molecule has 5 rings (SSSR count). The molecule has 0 amide bonds. The Labute approximate surface area is 229 Å². The van der Waals surface area contributed by atoms with Gasteiger partial charge in [0.25, 0.3) is 0 Å². The van der Waals surface area contributed by atoms with Crippen molar-refractivity contribution in [3.8, 4) is 45.2 Å². The van der Waals surface area contributed by atoms with E-state index >= 15 is 0 Å². The van der Waals surface area contributed by atoms with Crippen molar-refractivity contribution in [1.82, 2.24) is 0 Å². The summed E-state index contributed by atoms with van der Waals surface area (Å²) in [6.45, 7) is 13.7. The van der Waals surface area contributed by atoms with Crippen LogP contribution in [-0.4, -0.2) is 16.1 Å². The third-order valence-electron chi connectivity index (χ3n) is 6.44. The molecular formula is C36H34Si2. The molecule has 0 spiro atoms. The van der Waals surface area contributed by atoms with Crippen molar-refractivity contribution in [2.75, 3.05) is 0 Å². The van der Waals surface area contributed by atoms with Crippen LogP contribution in [0.1, 0.15) is 11.1 Å². The van der Waals surface area contributed by atoms with E-state index in [1.54, 1.807) is 0 Å². The third kappa shape index (κ3) is 5.68. The van der Waals surface area contributed by atoms with E-state index in [4.69, 9.17) is 0 Å². The first-order valence-corrected chi connectivity index (χ1v) is 20.3. The molecule has 2 heteroatoms. The first kappa shape index (κ1) is 25.8. The van der Waals surface area contributed by atoms with E-state index in [-0.39, 0.29) is 0 Å². The predicted molar refractivity (Wildman–Crippen MR) is 173 cm³/mol. The Hall–Kier alpha value is -3.83. The topological polar surface area (TPSA) is 0 Å². The molecule has 0 aromatic heterocycles. The molecule has 0 heterocycles. The molecule has 186 valence electrons. The summed E-state index contributed by atoms with van der Waals surface area (Å²) in [5, 5.41) is 5.07. The first-order valence-electron chi connectivity index (χ1n) is 13.3. The van der Waals surface area contributed by atoms with E-state index in [0.717, 1.165) is 11.1 Å². The summed E-state index contributed by atoms with van der Waals surface area (Å²) < 4.78 is 0. The average molecular weight is 523 g/mol. The molecule has 38 heavy (non-hydrogen) atoms. The minimum Gasteiger partial charge on any atom is -0.127 e. The van der Waals surface area contributed by atoms with Gasteiger partial charge in [0.05, 0.1) is 0 Å². The lowest BCUT2D eigenvalue weighted by molar-refractivity contribution is 1.61. The molecule has 0 aliphatic carbocycles. The van der Waals surface area contributed by atoms with E-state index in [2.05, 4.69) is 159 Å². The van der Waals surface area contributed by atoms with E-state index in [0.29, 0.717) is 0 Å². The lowest BCUT2D eigenvalue weighted by Gasteiger charge is -2.17. The van der Waals surface area contributed by atoms with E-state index in [9.17, 15) is 0 Å². The van der Waals surface area contributed by atoms with Crippen molar-refractivity contribution in [3.63, 3.8) is 0 Å². The van der Waals surface area contributed by atoms with Crippen molar-refractivity contribution in [3.05, 3.63) is 108 Å². The molecular weight excluding hydrogens is 489 g/mol. The zero-order valence-corrected chi connectivity index (χ0v) is 25.2. The predicted octanol–water partition coefficient (Wildman–Crippen LogP) is 9.78. The maximum absolute atomic E-state index is 3.48. The first-order chi connectivity index (χ1) is 18.1. The fraction of sp³-hybridized carbons (Fsp3) is 0.167. The molecule has 0 bridgehead atoms. The van der Waals surface area contributed by atoms with Gasteiger partial charge in [-0.05, 0) is 68.1 Å². The van der Waals surface area contributed by atoms with E-state index < -0.39 is 16.1 Å². The molecule has 0 fully saturated rings. The molecule has 5 aromatic carbocycles. The van der Waals surface area contributed by atoms with Crippen molar-refractivity contribution < 1.29 is 0 Å². The van der Waals surface area contributed by atoms with Gasteiger partial charge in [0.1, 0.15) is 16.1 Å². The van der Waals surface area contributed by atoms with Crippen LogP contribution in [0.4, 0.5) is 0 Å². The summed E-state index contributed by atoms with van der Waals surface area (Å²) in [6, 6.07) is 35.2. The van der Waals surface area contributed by atoms with Crippen LogP contribution in [0.3, 0.4) is 0 Å². The minimum atomic E-state index is -1.41. The Morgan fingerprint density at radius 3 is 0.947 bits per heavy atom. The summed E-state index contributed by atoms with van der Waals surface area (Å²) in [6.07, 6.45) is 0. The molecule has 0 unspecified atom stereocenters. The number of rotatable bonds is 2. The van der Waals surface area contributed by atoms with Gasteiger partial charge in [0.15, 0.2) is 0 Å². The molecule has 5 aromatic rings. The van der Waals surface area contributed by atoms with Crippen LogP contribution in [0.25, 0.3) is 43.8 Å². The number of fused-ring (bicyclic) bond motifs is 2. The maximum atomic E-state index is 3.48. The number of hydrogen-bond donors (Lipinski definition) is 0. The van der Waals surface area contributed by atoms with Crippen LogP contribution in [0.5, 0.6) is 0 Å². The highest BCUT2D eigenvalue weighted by molar-refractivity contribution is 6.84. The highest BCUT2D eigenvalue weighted by atomic mass is 28.3. The highest BCUT2D eigenvalue weighted by Crippen LogP contribution is 2.43. The third-order valence-corrected chi connectivity index (χ3v) is 8.19. The molecule has 0 saturated heterocycles. The lowest BCUT2D eigenvalue weighted by Crippen LogP contribution is -2.16. The van der Waals surface area contributed by atoms with Crippen molar-refractivity contribution in [2.24, 2.45) is 0 Å². The second-order valence-electron chi connectivity index (χ2n) is 12.0. The van der Waals surface area contributed by atoms with Gasteiger partial charge in [0.2, 0.25) is 0 Å². The van der Waals surface area contributed by atoms with Crippen molar-refractivity contribution in [1.29, 1.82) is 0 Å². The van der Waals surface area contributed by atoms with Crippen molar-refractivity contribution >= 4 is 37.7 Å².